The topological polar surface area (TPSA) is 29.5 Å². The highest BCUT2D eigenvalue weighted by molar-refractivity contribution is 5.30. The third-order valence-corrected chi connectivity index (χ3v) is 2.01. The van der Waals surface area contributed by atoms with E-state index in [-0.39, 0.29) is 12.5 Å². The molecule has 0 aromatic heterocycles. The van der Waals surface area contributed by atoms with Crippen molar-refractivity contribution in [2.75, 3.05) is 13.2 Å². The molecule has 1 rings (SSSR count). The van der Waals surface area contributed by atoms with Gasteiger partial charge in [-0.05, 0) is 24.6 Å². The second kappa shape index (κ2) is 4.87. The van der Waals surface area contributed by atoms with Gasteiger partial charge in [0, 0.05) is 12.5 Å². The minimum Gasteiger partial charge on any atom is -0.494 e. The van der Waals surface area contributed by atoms with Crippen LogP contribution in [0.3, 0.4) is 0 Å². The molecule has 0 aliphatic carbocycles. The van der Waals surface area contributed by atoms with Gasteiger partial charge in [0.05, 0.1) is 6.61 Å². The molecular formula is C11H16O2. The average molecular weight is 180 g/mol. The molecule has 72 valence electrons. The SMILES string of the molecule is CCOc1cccc(C(C)CO)c1. The number of aliphatic hydroxyl groups is 1. The summed E-state index contributed by atoms with van der Waals surface area (Å²) in [5.41, 5.74) is 1.12. The van der Waals surface area contributed by atoms with Gasteiger partial charge in [0.25, 0.3) is 0 Å². The molecule has 1 N–H and O–H groups in total. The van der Waals surface area contributed by atoms with Crippen LogP contribution in [0.2, 0.25) is 0 Å². The number of ether oxygens (including phenoxy) is 1. The van der Waals surface area contributed by atoms with Gasteiger partial charge in [-0.1, -0.05) is 19.1 Å². The standard InChI is InChI=1S/C11H16O2/c1-3-13-11-6-4-5-10(7-11)9(2)8-12/h4-7,9,12H,3,8H2,1-2H3. The first-order chi connectivity index (χ1) is 6.27. The van der Waals surface area contributed by atoms with Crippen LogP contribution < -0.4 is 4.74 Å². The Balaban J connectivity index is 2.78. The van der Waals surface area contributed by atoms with Crippen molar-refractivity contribution in [3.63, 3.8) is 0 Å². The Morgan fingerprint density at radius 1 is 1.46 bits per heavy atom. The van der Waals surface area contributed by atoms with E-state index >= 15 is 0 Å². The molecule has 0 saturated carbocycles. The maximum Gasteiger partial charge on any atom is 0.119 e. The fourth-order valence-electron chi connectivity index (χ4n) is 1.18. The molecule has 0 bridgehead atoms. The summed E-state index contributed by atoms with van der Waals surface area (Å²) in [6, 6.07) is 7.86. The number of rotatable bonds is 4. The zero-order chi connectivity index (χ0) is 9.68. The van der Waals surface area contributed by atoms with Crippen molar-refractivity contribution in [1.29, 1.82) is 0 Å². The highest BCUT2D eigenvalue weighted by atomic mass is 16.5. The van der Waals surface area contributed by atoms with Gasteiger partial charge < -0.3 is 9.84 Å². The lowest BCUT2D eigenvalue weighted by Crippen LogP contribution is -1.99. The van der Waals surface area contributed by atoms with Gasteiger partial charge in [0.2, 0.25) is 0 Å². The lowest BCUT2D eigenvalue weighted by Gasteiger charge is -2.10. The minimum atomic E-state index is 0.176. The van der Waals surface area contributed by atoms with Crippen molar-refractivity contribution in [3.8, 4) is 5.75 Å². The van der Waals surface area contributed by atoms with E-state index in [0.717, 1.165) is 11.3 Å². The predicted octanol–water partition coefficient (Wildman–Crippen LogP) is 2.18. The third-order valence-electron chi connectivity index (χ3n) is 2.01. The number of benzene rings is 1. The molecule has 0 radical (unpaired) electrons. The Kier molecular flexibility index (Phi) is 3.77. The molecule has 1 aromatic carbocycles. The average Bonchev–Trinajstić information content (AvgIpc) is 2.18. The Morgan fingerprint density at radius 2 is 2.23 bits per heavy atom. The zero-order valence-electron chi connectivity index (χ0n) is 8.16. The van der Waals surface area contributed by atoms with Gasteiger partial charge in [-0.2, -0.15) is 0 Å². The Bertz CT molecular complexity index is 258. The van der Waals surface area contributed by atoms with Crippen LogP contribution in [0.25, 0.3) is 0 Å². The molecule has 0 heterocycles. The van der Waals surface area contributed by atoms with Crippen LogP contribution in [-0.4, -0.2) is 18.3 Å². The van der Waals surface area contributed by atoms with Crippen LogP contribution in [-0.2, 0) is 0 Å². The van der Waals surface area contributed by atoms with E-state index in [1.54, 1.807) is 0 Å². The molecule has 2 heteroatoms. The van der Waals surface area contributed by atoms with Crippen molar-refractivity contribution in [1.82, 2.24) is 0 Å². The lowest BCUT2D eigenvalue weighted by molar-refractivity contribution is 0.272. The highest BCUT2D eigenvalue weighted by Gasteiger charge is 2.04. The molecule has 0 amide bonds. The normalized spacial score (nSPS) is 12.5. The van der Waals surface area contributed by atoms with Gasteiger partial charge >= 0.3 is 0 Å². The Labute approximate surface area is 79.2 Å². The fourth-order valence-corrected chi connectivity index (χ4v) is 1.18. The Hall–Kier alpha value is -1.02. The molecule has 2 nitrogen and oxygen atoms in total. The summed E-state index contributed by atoms with van der Waals surface area (Å²) in [6.45, 7) is 4.81. The van der Waals surface area contributed by atoms with Crippen LogP contribution >= 0.6 is 0 Å². The maximum atomic E-state index is 8.97. The second-order valence-electron chi connectivity index (χ2n) is 3.09. The van der Waals surface area contributed by atoms with E-state index in [1.807, 2.05) is 38.1 Å². The molecule has 1 atom stereocenters. The molecule has 0 spiro atoms. The molecule has 13 heavy (non-hydrogen) atoms. The van der Waals surface area contributed by atoms with Crippen LogP contribution in [0, 0.1) is 0 Å². The summed E-state index contributed by atoms with van der Waals surface area (Å²) in [7, 11) is 0. The summed E-state index contributed by atoms with van der Waals surface area (Å²) in [6.07, 6.45) is 0. The number of aliphatic hydroxyl groups excluding tert-OH is 1. The van der Waals surface area contributed by atoms with Crippen LogP contribution in [0.15, 0.2) is 24.3 Å². The lowest BCUT2D eigenvalue weighted by atomic mass is 10.0. The molecule has 0 fully saturated rings. The van der Waals surface area contributed by atoms with E-state index < -0.39 is 0 Å². The molecule has 0 aliphatic rings. The molecule has 0 aliphatic heterocycles. The van der Waals surface area contributed by atoms with E-state index in [2.05, 4.69) is 0 Å². The molecule has 1 aromatic rings. The molecule has 1 unspecified atom stereocenters. The zero-order valence-corrected chi connectivity index (χ0v) is 8.16. The smallest absolute Gasteiger partial charge is 0.119 e. The van der Waals surface area contributed by atoms with E-state index in [4.69, 9.17) is 9.84 Å². The van der Waals surface area contributed by atoms with Crippen molar-refractivity contribution in [2.45, 2.75) is 19.8 Å². The van der Waals surface area contributed by atoms with Crippen molar-refractivity contribution in [2.24, 2.45) is 0 Å². The highest BCUT2D eigenvalue weighted by Crippen LogP contribution is 2.19. The number of hydrogen-bond acceptors (Lipinski definition) is 2. The van der Waals surface area contributed by atoms with Gasteiger partial charge in [0.1, 0.15) is 5.75 Å². The first-order valence-corrected chi connectivity index (χ1v) is 4.61. The maximum absolute atomic E-state index is 8.97. The predicted molar refractivity (Wildman–Crippen MR) is 53.1 cm³/mol. The molecule has 0 saturated heterocycles. The van der Waals surface area contributed by atoms with E-state index in [1.165, 1.54) is 0 Å². The monoisotopic (exact) mass is 180 g/mol. The second-order valence-corrected chi connectivity index (χ2v) is 3.09. The van der Waals surface area contributed by atoms with E-state index in [9.17, 15) is 0 Å². The van der Waals surface area contributed by atoms with Crippen LogP contribution in [0.1, 0.15) is 25.3 Å². The summed E-state index contributed by atoms with van der Waals surface area (Å²) < 4.78 is 5.36. The van der Waals surface area contributed by atoms with Gasteiger partial charge in [-0.3, -0.25) is 0 Å². The van der Waals surface area contributed by atoms with Gasteiger partial charge in [0.15, 0.2) is 0 Å². The first kappa shape index (κ1) is 10.1. The summed E-state index contributed by atoms with van der Waals surface area (Å²) in [5.74, 6) is 1.06. The third kappa shape index (κ3) is 2.74. The number of hydrogen-bond donors (Lipinski definition) is 1. The Morgan fingerprint density at radius 3 is 2.85 bits per heavy atom. The van der Waals surface area contributed by atoms with Crippen molar-refractivity contribution >= 4 is 0 Å². The summed E-state index contributed by atoms with van der Waals surface area (Å²) in [5, 5.41) is 8.97. The summed E-state index contributed by atoms with van der Waals surface area (Å²) in [4.78, 5) is 0. The van der Waals surface area contributed by atoms with E-state index in [0.29, 0.717) is 6.61 Å². The molecular weight excluding hydrogens is 164 g/mol. The van der Waals surface area contributed by atoms with Gasteiger partial charge in [-0.25, -0.2) is 0 Å². The largest absolute Gasteiger partial charge is 0.494 e. The van der Waals surface area contributed by atoms with Crippen LogP contribution in [0.4, 0.5) is 0 Å². The quantitative estimate of drug-likeness (QED) is 0.769. The fraction of sp³-hybridized carbons (Fsp3) is 0.455. The van der Waals surface area contributed by atoms with Crippen molar-refractivity contribution < 1.29 is 9.84 Å². The minimum absolute atomic E-state index is 0.176. The van der Waals surface area contributed by atoms with Crippen LogP contribution in [0.5, 0.6) is 5.75 Å². The van der Waals surface area contributed by atoms with Gasteiger partial charge in [-0.15, -0.1) is 0 Å². The first-order valence-electron chi connectivity index (χ1n) is 4.61. The van der Waals surface area contributed by atoms with Crippen molar-refractivity contribution in [3.05, 3.63) is 29.8 Å². The summed E-state index contributed by atoms with van der Waals surface area (Å²) >= 11 is 0.